The van der Waals surface area contributed by atoms with Crippen LogP contribution in [0.3, 0.4) is 0 Å². The molecule has 0 aliphatic rings. The van der Waals surface area contributed by atoms with Crippen LogP contribution in [0.5, 0.6) is 5.75 Å². The molecule has 0 saturated heterocycles. The Kier molecular flexibility index (Phi) is 9.50. The molecule has 2 unspecified atom stereocenters. The van der Waals surface area contributed by atoms with Gasteiger partial charge in [0.05, 0.1) is 13.2 Å². The molecule has 0 spiro atoms. The third kappa shape index (κ3) is 6.65. The van der Waals surface area contributed by atoms with Gasteiger partial charge in [-0.1, -0.05) is 36.4 Å². The number of benzene rings is 2. The van der Waals surface area contributed by atoms with E-state index >= 15 is 0 Å². The lowest BCUT2D eigenvalue weighted by Gasteiger charge is -2.19. The summed E-state index contributed by atoms with van der Waals surface area (Å²) < 4.78 is 18.0. The maximum atomic E-state index is 12.2. The molecule has 0 bridgehead atoms. The molecule has 3 nitrogen and oxygen atoms in total. The average Bonchev–Trinajstić information content (AvgIpc) is 2.61. The van der Waals surface area contributed by atoms with E-state index in [0.717, 1.165) is 22.4 Å². The Morgan fingerprint density at radius 3 is 2.52 bits per heavy atom. The Morgan fingerprint density at radius 2 is 1.88 bits per heavy atom. The highest BCUT2D eigenvalue weighted by atomic mass is 35.5. The second-order valence-electron chi connectivity index (χ2n) is 6.17. The highest BCUT2D eigenvalue weighted by molar-refractivity contribution is 5.37. The number of hydrogen-bond acceptors (Lipinski definition) is 2. The molecule has 3 N–H and O–H groups in total. The van der Waals surface area contributed by atoms with Crippen LogP contribution in [0.15, 0.2) is 48.5 Å². The molecule has 0 fully saturated rings. The van der Waals surface area contributed by atoms with Gasteiger partial charge in [0, 0.05) is 6.42 Å². The van der Waals surface area contributed by atoms with E-state index in [9.17, 15) is 9.50 Å². The average molecular weight is 368 g/mol. The summed E-state index contributed by atoms with van der Waals surface area (Å²) in [6, 6.07) is 15.8. The smallest absolute Gasteiger partial charge is 0.130 e. The topological polar surface area (TPSA) is 46.1 Å². The van der Waals surface area contributed by atoms with E-state index in [1.165, 1.54) is 0 Å². The minimum Gasteiger partial charge on any atom is -1.00 e. The summed E-state index contributed by atoms with van der Waals surface area (Å²) in [5.74, 6) is 0.823. The largest absolute Gasteiger partial charge is 1.00 e. The zero-order chi connectivity index (χ0) is 17.4. The van der Waals surface area contributed by atoms with E-state index in [2.05, 4.69) is 0 Å². The Balaban J connectivity index is 0.00000312. The predicted molar refractivity (Wildman–Crippen MR) is 93.8 cm³/mol. The number of ether oxygens (including phenoxy) is 1. The second-order valence-corrected chi connectivity index (χ2v) is 6.17. The van der Waals surface area contributed by atoms with E-state index in [0.29, 0.717) is 19.6 Å². The van der Waals surface area contributed by atoms with Crippen molar-refractivity contribution in [3.05, 3.63) is 65.2 Å². The summed E-state index contributed by atoms with van der Waals surface area (Å²) in [5, 5.41) is 12.4. The molecule has 25 heavy (non-hydrogen) atoms. The summed E-state index contributed by atoms with van der Waals surface area (Å²) in [4.78, 5) is 0. The quantitative estimate of drug-likeness (QED) is 0.609. The number of aryl methyl sites for hydroxylation is 1. The van der Waals surface area contributed by atoms with Gasteiger partial charge in [-0.3, -0.25) is 4.39 Å². The van der Waals surface area contributed by atoms with Gasteiger partial charge in [0.15, 0.2) is 0 Å². The van der Waals surface area contributed by atoms with Crippen molar-refractivity contribution in [1.29, 1.82) is 0 Å². The summed E-state index contributed by atoms with van der Waals surface area (Å²) in [5.41, 5.74) is 2.99. The van der Waals surface area contributed by atoms with Gasteiger partial charge in [0.2, 0.25) is 0 Å². The van der Waals surface area contributed by atoms with Gasteiger partial charge in [-0.15, -0.1) is 0 Å². The molecule has 2 atom stereocenters. The molecule has 0 aromatic heterocycles. The number of aliphatic hydroxyl groups excluding tert-OH is 1. The van der Waals surface area contributed by atoms with Crippen LogP contribution in [0.4, 0.5) is 4.39 Å². The van der Waals surface area contributed by atoms with Crippen LogP contribution < -0.4 is 22.5 Å². The number of nitrogens with two attached hydrogens (primary N) is 1. The molecule has 0 saturated carbocycles. The van der Waals surface area contributed by atoms with Crippen LogP contribution in [0.25, 0.3) is 0 Å². The second kappa shape index (κ2) is 11.1. The van der Waals surface area contributed by atoms with Gasteiger partial charge in [-0.25, -0.2) is 0 Å². The van der Waals surface area contributed by atoms with E-state index in [1.54, 1.807) is 0 Å². The van der Waals surface area contributed by atoms with Crippen molar-refractivity contribution in [2.24, 2.45) is 0 Å². The van der Waals surface area contributed by atoms with Crippen molar-refractivity contribution in [3.63, 3.8) is 0 Å². The first-order chi connectivity index (χ1) is 11.6. The maximum absolute atomic E-state index is 12.2. The molecule has 5 heteroatoms. The molecular weight excluding hydrogens is 341 g/mol. The van der Waals surface area contributed by atoms with Crippen LogP contribution in [0, 0.1) is 6.92 Å². The van der Waals surface area contributed by atoms with Crippen molar-refractivity contribution >= 4 is 0 Å². The zero-order valence-electron chi connectivity index (χ0n) is 14.8. The molecule has 0 aliphatic heterocycles. The van der Waals surface area contributed by atoms with Gasteiger partial charge in [0.1, 0.15) is 24.5 Å². The molecular formula is C20H27ClFNO2. The SMILES string of the molecule is Cc1cc(C(O)C(C)[NH2+]CCCF)ccc1OCc1ccccc1.[Cl-]. The maximum Gasteiger partial charge on any atom is 0.130 e. The fourth-order valence-corrected chi connectivity index (χ4v) is 2.64. The third-order valence-electron chi connectivity index (χ3n) is 4.15. The first-order valence-electron chi connectivity index (χ1n) is 8.46. The minimum atomic E-state index is -0.577. The van der Waals surface area contributed by atoms with E-state index in [-0.39, 0.29) is 25.1 Å². The number of halogens is 2. The van der Waals surface area contributed by atoms with Crippen molar-refractivity contribution in [2.45, 2.75) is 39.0 Å². The highest BCUT2D eigenvalue weighted by Gasteiger charge is 2.19. The molecule has 0 amide bonds. The Labute approximate surface area is 155 Å². The van der Waals surface area contributed by atoms with E-state index in [4.69, 9.17) is 4.74 Å². The van der Waals surface area contributed by atoms with E-state index in [1.807, 2.05) is 67.7 Å². The van der Waals surface area contributed by atoms with Crippen LogP contribution in [0.2, 0.25) is 0 Å². The summed E-state index contributed by atoms with van der Waals surface area (Å²) >= 11 is 0. The zero-order valence-corrected chi connectivity index (χ0v) is 15.5. The fourth-order valence-electron chi connectivity index (χ4n) is 2.64. The summed E-state index contributed by atoms with van der Waals surface area (Å²) in [7, 11) is 0. The lowest BCUT2D eigenvalue weighted by molar-refractivity contribution is -0.694. The Morgan fingerprint density at radius 1 is 1.16 bits per heavy atom. The lowest BCUT2D eigenvalue weighted by Crippen LogP contribution is -3.00. The number of rotatable bonds is 9. The molecule has 0 heterocycles. The molecule has 138 valence electrons. The number of quaternary nitrogens is 1. The number of hydrogen-bond donors (Lipinski definition) is 2. The standard InChI is InChI=1S/C20H26FNO2.ClH/c1-15-13-18(20(23)16(2)22-12-6-11-21)9-10-19(15)24-14-17-7-4-3-5-8-17;/h3-5,7-10,13,16,20,22-23H,6,11-12,14H2,1-2H3;1H. The lowest BCUT2D eigenvalue weighted by atomic mass is 10.0. The molecule has 2 rings (SSSR count). The van der Waals surface area contributed by atoms with Crippen molar-refractivity contribution in [2.75, 3.05) is 13.2 Å². The molecule has 2 aromatic carbocycles. The number of alkyl halides is 1. The first-order valence-corrected chi connectivity index (χ1v) is 8.46. The predicted octanol–water partition coefficient (Wildman–Crippen LogP) is -0.0771. The normalized spacial score (nSPS) is 13.0. The van der Waals surface area contributed by atoms with Crippen LogP contribution in [-0.4, -0.2) is 24.4 Å². The summed E-state index contributed by atoms with van der Waals surface area (Å²) in [6.45, 7) is 4.83. The fraction of sp³-hybridized carbons (Fsp3) is 0.400. The first kappa shape index (κ1) is 21.4. The summed E-state index contributed by atoms with van der Waals surface area (Å²) in [6.07, 6.45) is -0.0611. The molecule has 2 aromatic rings. The third-order valence-corrected chi connectivity index (χ3v) is 4.15. The Hall–Kier alpha value is -1.62. The van der Waals surface area contributed by atoms with Crippen LogP contribution in [0.1, 0.15) is 36.1 Å². The highest BCUT2D eigenvalue weighted by Crippen LogP contribution is 2.24. The monoisotopic (exact) mass is 367 g/mol. The Bertz CT molecular complexity index is 624. The minimum absolute atomic E-state index is 0. The van der Waals surface area contributed by atoms with Crippen LogP contribution in [-0.2, 0) is 6.61 Å². The molecule has 0 aliphatic carbocycles. The molecule has 0 radical (unpaired) electrons. The van der Waals surface area contributed by atoms with Gasteiger partial charge in [-0.05, 0) is 42.7 Å². The van der Waals surface area contributed by atoms with Gasteiger partial charge in [0.25, 0.3) is 0 Å². The number of aliphatic hydroxyl groups is 1. The van der Waals surface area contributed by atoms with Crippen LogP contribution >= 0.6 is 0 Å². The van der Waals surface area contributed by atoms with Gasteiger partial charge in [-0.2, -0.15) is 0 Å². The van der Waals surface area contributed by atoms with Crippen molar-refractivity contribution < 1.29 is 32.0 Å². The van der Waals surface area contributed by atoms with Crippen molar-refractivity contribution in [3.8, 4) is 5.75 Å². The van der Waals surface area contributed by atoms with E-state index < -0.39 is 6.10 Å². The van der Waals surface area contributed by atoms with Gasteiger partial charge < -0.3 is 27.6 Å². The van der Waals surface area contributed by atoms with Crippen molar-refractivity contribution in [1.82, 2.24) is 0 Å². The van der Waals surface area contributed by atoms with Gasteiger partial charge >= 0.3 is 0 Å².